The van der Waals surface area contributed by atoms with Gasteiger partial charge in [0.05, 0.1) is 30.7 Å². The van der Waals surface area contributed by atoms with Gasteiger partial charge in [-0.25, -0.2) is 4.79 Å². The van der Waals surface area contributed by atoms with Crippen molar-refractivity contribution in [2.45, 2.75) is 63.0 Å². The standard InChI is InChI=1S/C21H28F3N3O4/c22-21(23,24)14-4-6-15(7-5-14)25-20(30)26-17-9-8-16(31-18(17)13-28)12-19(29)27-10-2-1-3-11-27/h4-7,16-18,28H,1-3,8-13H2,(H2,25,26,30)/t16-,17-,18-/m0/s1. The molecule has 2 fully saturated rings. The Hall–Kier alpha value is -2.33. The summed E-state index contributed by atoms with van der Waals surface area (Å²) >= 11 is 0. The zero-order valence-corrected chi connectivity index (χ0v) is 17.2. The number of carbonyl (C=O) groups is 2. The van der Waals surface area contributed by atoms with E-state index in [1.165, 1.54) is 12.1 Å². The van der Waals surface area contributed by atoms with Gasteiger partial charge in [-0.3, -0.25) is 4.79 Å². The van der Waals surface area contributed by atoms with Gasteiger partial charge >= 0.3 is 12.2 Å². The SMILES string of the molecule is O=C(Nc1ccc(C(F)(F)F)cc1)N[C@H]1CC[C@@H](CC(=O)N2CCCCC2)O[C@H]1CO. The number of likely N-dealkylation sites (tertiary alicyclic amines) is 1. The highest BCUT2D eigenvalue weighted by molar-refractivity contribution is 5.89. The molecule has 2 saturated heterocycles. The molecule has 0 unspecified atom stereocenters. The van der Waals surface area contributed by atoms with E-state index in [1.54, 1.807) is 0 Å². The molecule has 0 spiro atoms. The van der Waals surface area contributed by atoms with E-state index in [-0.39, 0.29) is 30.7 Å². The van der Waals surface area contributed by atoms with Crippen LogP contribution in [0.3, 0.4) is 0 Å². The monoisotopic (exact) mass is 443 g/mol. The maximum Gasteiger partial charge on any atom is 0.416 e. The molecular formula is C21H28F3N3O4. The first-order valence-electron chi connectivity index (χ1n) is 10.5. The van der Waals surface area contributed by atoms with Crippen LogP contribution in [0.2, 0.25) is 0 Å². The number of nitrogens with one attached hydrogen (secondary N) is 2. The van der Waals surface area contributed by atoms with Gasteiger partial charge in [0, 0.05) is 18.8 Å². The molecule has 3 atom stereocenters. The quantitative estimate of drug-likeness (QED) is 0.652. The fourth-order valence-electron chi connectivity index (χ4n) is 3.99. The number of carbonyl (C=O) groups excluding carboxylic acids is 2. The number of alkyl halides is 3. The smallest absolute Gasteiger partial charge is 0.394 e. The van der Waals surface area contributed by atoms with Gasteiger partial charge in [-0.2, -0.15) is 13.2 Å². The molecule has 0 radical (unpaired) electrons. The summed E-state index contributed by atoms with van der Waals surface area (Å²) in [5.41, 5.74) is -0.586. The van der Waals surface area contributed by atoms with Gasteiger partial charge in [0.1, 0.15) is 6.10 Å². The number of nitrogens with zero attached hydrogens (tertiary/aromatic N) is 1. The van der Waals surface area contributed by atoms with E-state index in [4.69, 9.17) is 4.74 Å². The first-order valence-corrected chi connectivity index (χ1v) is 10.5. The number of urea groups is 1. The lowest BCUT2D eigenvalue weighted by Crippen LogP contribution is -2.52. The Labute approximate surface area is 178 Å². The summed E-state index contributed by atoms with van der Waals surface area (Å²) in [6, 6.07) is 3.05. The number of rotatable bonds is 5. The van der Waals surface area contributed by atoms with Crippen molar-refractivity contribution >= 4 is 17.6 Å². The first kappa shape index (κ1) is 23.3. The lowest BCUT2D eigenvalue weighted by Gasteiger charge is -2.37. The highest BCUT2D eigenvalue weighted by Gasteiger charge is 2.34. The van der Waals surface area contributed by atoms with Crippen molar-refractivity contribution in [3.05, 3.63) is 29.8 Å². The molecule has 3 amide bonds. The van der Waals surface area contributed by atoms with Crippen molar-refractivity contribution in [2.24, 2.45) is 0 Å². The van der Waals surface area contributed by atoms with Crippen LogP contribution < -0.4 is 10.6 Å². The summed E-state index contributed by atoms with van der Waals surface area (Å²) in [4.78, 5) is 26.5. The van der Waals surface area contributed by atoms with Crippen LogP contribution in [-0.4, -0.2) is 59.9 Å². The number of aliphatic hydroxyl groups excluding tert-OH is 1. The largest absolute Gasteiger partial charge is 0.416 e. The van der Waals surface area contributed by atoms with Gasteiger partial charge in [-0.1, -0.05) is 0 Å². The molecule has 3 N–H and O–H groups in total. The second kappa shape index (κ2) is 10.3. The predicted molar refractivity (Wildman–Crippen MR) is 107 cm³/mol. The Bertz CT molecular complexity index is 751. The first-order chi connectivity index (χ1) is 14.8. The van der Waals surface area contributed by atoms with Crippen molar-refractivity contribution in [1.82, 2.24) is 10.2 Å². The third kappa shape index (κ3) is 6.57. The molecule has 1 aromatic rings. The Morgan fingerprint density at radius 2 is 1.77 bits per heavy atom. The molecule has 2 heterocycles. The van der Waals surface area contributed by atoms with E-state index in [0.29, 0.717) is 12.8 Å². The molecule has 0 saturated carbocycles. The maximum absolute atomic E-state index is 12.6. The number of hydrogen-bond donors (Lipinski definition) is 3. The van der Waals surface area contributed by atoms with Crippen molar-refractivity contribution in [3.63, 3.8) is 0 Å². The van der Waals surface area contributed by atoms with E-state index >= 15 is 0 Å². The number of aliphatic hydroxyl groups is 1. The maximum atomic E-state index is 12.6. The van der Waals surface area contributed by atoms with Crippen LogP contribution in [0.5, 0.6) is 0 Å². The van der Waals surface area contributed by atoms with Crippen molar-refractivity contribution in [1.29, 1.82) is 0 Å². The second-order valence-electron chi connectivity index (χ2n) is 7.98. The van der Waals surface area contributed by atoms with E-state index in [1.807, 2.05) is 4.90 Å². The zero-order valence-electron chi connectivity index (χ0n) is 17.2. The second-order valence-corrected chi connectivity index (χ2v) is 7.98. The van der Waals surface area contributed by atoms with Gasteiger partial charge in [0.15, 0.2) is 0 Å². The summed E-state index contributed by atoms with van der Waals surface area (Å²) in [6.45, 7) is 1.21. The molecule has 2 aliphatic rings. The van der Waals surface area contributed by atoms with Crippen LogP contribution >= 0.6 is 0 Å². The molecule has 172 valence electrons. The van der Waals surface area contributed by atoms with Crippen LogP contribution in [0, 0.1) is 0 Å². The van der Waals surface area contributed by atoms with Crippen LogP contribution in [-0.2, 0) is 15.7 Å². The number of piperidine rings is 1. The Kier molecular flexibility index (Phi) is 7.77. The van der Waals surface area contributed by atoms with Crippen LogP contribution in [0.25, 0.3) is 0 Å². The van der Waals surface area contributed by atoms with Gasteiger partial charge in [0.2, 0.25) is 5.91 Å². The van der Waals surface area contributed by atoms with Gasteiger partial charge in [0.25, 0.3) is 0 Å². The molecule has 31 heavy (non-hydrogen) atoms. The zero-order chi connectivity index (χ0) is 22.4. The lowest BCUT2D eigenvalue weighted by atomic mass is 9.96. The van der Waals surface area contributed by atoms with Gasteiger partial charge in [-0.05, 0) is 56.4 Å². The van der Waals surface area contributed by atoms with Crippen molar-refractivity contribution < 1.29 is 32.6 Å². The molecule has 0 aliphatic carbocycles. The molecule has 1 aromatic carbocycles. The van der Waals surface area contributed by atoms with Crippen LogP contribution in [0.4, 0.5) is 23.7 Å². The molecule has 0 aromatic heterocycles. The van der Waals surface area contributed by atoms with Crippen molar-refractivity contribution in [2.75, 3.05) is 25.0 Å². The molecule has 2 aliphatic heterocycles. The van der Waals surface area contributed by atoms with E-state index in [2.05, 4.69) is 10.6 Å². The number of amides is 3. The van der Waals surface area contributed by atoms with E-state index < -0.39 is 29.9 Å². The normalized spacial score (nSPS) is 24.5. The van der Waals surface area contributed by atoms with Crippen LogP contribution in [0.15, 0.2) is 24.3 Å². The number of hydrogen-bond acceptors (Lipinski definition) is 4. The highest BCUT2D eigenvalue weighted by atomic mass is 19.4. The van der Waals surface area contributed by atoms with Gasteiger partial charge < -0.3 is 25.4 Å². The predicted octanol–water partition coefficient (Wildman–Crippen LogP) is 3.14. The third-order valence-electron chi connectivity index (χ3n) is 5.69. The van der Waals surface area contributed by atoms with Crippen LogP contribution in [0.1, 0.15) is 44.1 Å². The minimum Gasteiger partial charge on any atom is -0.394 e. The summed E-state index contributed by atoms with van der Waals surface area (Å²) in [6.07, 6.45) is -0.939. The molecule has 7 nitrogen and oxygen atoms in total. The topological polar surface area (TPSA) is 90.9 Å². The summed E-state index contributed by atoms with van der Waals surface area (Å²) in [7, 11) is 0. The average Bonchev–Trinajstić information content (AvgIpc) is 2.75. The average molecular weight is 443 g/mol. The molecular weight excluding hydrogens is 415 g/mol. The number of anilines is 1. The number of ether oxygens (including phenoxy) is 1. The number of benzene rings is 1. The Balaban J connectivity index is 1.48. The van der Waals surface area contributed by atoms with E-state index in [9.17, 15) is 27.9 Å². The Morgan fingerprint density at radius 3 is 2.39 bits per heavy atom. The minimum atomic E-state index is -4.44. The summed E-state index contributed by atoms with van der Waals surface area (Å²) in [5.74, 6) is 0.0489. The molecule has 0 bridgehead atoms. The van der Waals surface area contributed by atoms with E-state index in [0.717, 1.165) is 44.5 Å². The molecule has 3 rings (SSSR count). The highest BCUT2D eigenvalue weighted by Crippen LogP contribution is 2.30. The van der Waals surface area contributed by atoms with Gasteiger partial charge in [-0.15, -0.1) is 0 Å². The van der Waals surface area contributed by atoms with Crippen molar-refractivity contribution in [3.8, 4) is 0 Å². The fraction of sp³-hybridized carbons (Fsp3) is 0.619. The summed E-state index contributed by atoms with van der Waals surface area (Å²) < 4.78 is 43.7. The Morgan fingerprint density at radius 1 is 1.10 bits per heavy atom. The third-order valence-corrected chi connectivity index (χ3v) is 5.69. The number of halogens is 3. The summed E-state index contributed by atoms with van der Waals surface area (Å²) in [5, 5.41) is 14.9. The lowest BCUT2D eigenvalue weighted by molar-refractivity contribution is -0.141. The fourth-order valence-corrected chi connectivity index (χ4v) is 3.99. The molecule has 10 heteroatoms. The minimum absolute atomic E-state index is 0.0489.